The van der Waals surface area contributed by atoms with Crippen molar-refractivity contribution in [2.45, 2.75) is 26.4 Å². The van der Waals surface area contributed by atoms with Crippen LogP contribution in [0.1, 0.15) is 31.1 Å². The molecule has 0 aromatic heterocycles. The molecule has 0 aliphatic heterocycles. The lowest BCUT2D eigenvalue weighted by Crippen LogP contribution is -2.33. The number of benzene rings is 1. The molecule has 1 amide bonds. The van der Waals surface area contributed by atoms with E-state index in [0.717, 1.165) is 6.26 Å². The molecule has 7 heteroatoms. The first kappa shape index (κ1) is 15.5. The van der Waals surface area contributed by atoms with Crippen LogP contribution in [0.2, 0.25) is 0 Å². The van der Waals surface area contributed by atoms with Crippen molar-refractivity contribution in [3.05, 3.63) is 29.8 Å². The fraction of sp³-hybridized carbons (Fsp3) is 0.417. The minimum Gasteiger partial charge on any atom is -0.284 e. The highest BCUT2D eigenvalue weighted by Gasteiger charge is 2.14. The van der Waals surface area contributed by atoms with Crippen molar-refractivity contribution in [3.63, 3.8) is 0 Å². The van der Waals surface area contributed by atoms with Gasteiger partial charge in [-0.05, 0) is 45.0 Å². The maximum absolute atomic E-state index is 11.7. The van der Waals surface area contributed by atoms with E-state index < -0.39 is 15.6 Å². The summed E-state index contributed by atoms with van der Waals surface area (Å²) in [5.74, 6) is -0.388. The fourth-order valence-electron chi connectivity index (χ4n) is 1.16. The number of anilines is 1. The van der Waals surface area contributed by atoms with E-state index in [1.165, 1.54) is 24.3 Å². The third-order valence-electron chi connectivity index (χ3n) is 1.90. The maximum atomic E-state index is 11.7. The van der Waals surface area contributed by atoms with Crippen molar-refractivity contribution < 1.29 is 18.0 Å². The van der Waals surface area contributed by atoms with Crippen LogP contribution in [0.15, 0.2) is 24.3 Å². The molecule has 1 aromatic rings. The zero-order chi connectivity index (χ0) is 14.7. The fourth-order valence-corrected chi connectivity index (χ4v) is 1.73. The zero-order valence-electron chi connectivity index (χ0n) is 11.4. The van der Waals surface area contributed by atoms with E-state index in [9.17, 15) is 13.2 Å². The number of hydroxylamine groups is 1. The van der Waals surface area contributed by atoms with Crippen LogP contribution in [0.5, 0.6) is 0 Å². The summed E-state index contributed by atoms with van der Waals surface area (Å²) < 4.78 is 24.4. The van der Waals surface area contributed by atoms with E-state index in [1.54, 1.807) is 0 Å². The third-order valence-corrected chi connectivity index (χ3v) is 2.51. The number of nitrogens with one attached hydrogen (secondary N) is 2. The molecule has 0 atom stereocenters. The highest BCUT2D eigenvalue weighted by molar-refractivity contribution is 7.92. The van der Waals surface area contributed by atoms with Crippen LogP contribution in [0, 0.1) is 0 Å². The Morgan fingerprint density at radius 3 is 2.11 bits per heavy atom. The van der Waals surface area contributed by atoms with Gasteiger partial charge in [-0.3, -0.25) is 14.4 Å². The highest BCUT2D eigenvalue weighted by Crippen LogP contribution is 2.11. The largest absolute Gasteiger partial charge is 0.284 e. The van der Waals surface area contributed by atoms with E-state index in [-0.39, 0.29) is 5.91 Å². The Balaban J connectivity index is 2.68. The molecule has 0 spiro atoms. The second-order valence-electron chi connectivity index (χ2n) is 5.10. The molecule has 6 nitrogen and oxygen atoms in total. The number of amides is 1. The number of hydrogen-bond donors (Lipinski definition) is 2. The lowest BCUT2D eigenvalue weighted by Gasteiger charge is -2.18. The molecular weight excluding hydrogens is 268 g/mol. The van der Waals surface area contributed by atoms with Gasteiger partial charge in [-0.15, -0.1) is 0 Å². The predicted molar refractivity (Wildman–Crippen MR) is 73.2 cm³/mol. The molecule has 1 aromatic carbocycles. The summed E-state index contributed by atoms with van der Waals surface area (Å²) in [5, 5.41) is 0. The highest BCUT2D eigenvalue weighted by atomic mass is 32.2. The lowest BCUT2D eigenvalue weighted by molar-refractivity contribution is -0.0589. The van der Waals surface area contributed by atoms with Gasteiger partial charge < -0.3 is 0 Å². The molecule has 2 N–H and O–H groups in total. The molecule has 0 fully saturated rings. The van der Waals surface area contributed by atoms with Crippen LogP contribution in [-0.2, 0) is 14.9 Å². The zero-order valence-corrected chi connectivity index (χ0v) is 12.2. The van der Waals surface area contributed by atoms with E-state index in [0.29, 0.717) is 11.3 Å². The van der Waals surface area contributed by atoms with Gasteiger partial charge >= 0.3 is 0 Å². The van der Waals surface area contributed by atoms with Gasteiger partial charge in [-0.25, -0.2) is 13.9 Å². The molecule has 0 unspecified atom stereocenters. The average Bonchev–Trinajstić information content (AvgIpc) is 2.23. The monoisotopic (exact) mass is 286 g/mol. The molecule has 0 aliphatic carbocycles. The van der Waals surface area contributed by atoms with Crippen molar-refractivity contribution in [2.75, 3.05) is 11.0 Å². The standard InChI is InChI=1S/C12H18N2O4S/c1-12(2,3)18-13-11(15)9-5-7-10(8-6-9)14-19(4,16)17/h5-8,14H,1-4H3,(H,13,15). The number of hydrogen-bond acceptors (Lipinski definition) is 4. The minimum absolute atomic E-state index is 0.378. The molecular formula is C12H18N2O4S. The second kappa shape index (κ2) is 5.58. The van der Waals surface area contributed by atoms with Gasteiger partial charge in [0.2, 0.25) is 10.0 Å². The van der Waals surface area contributed by atoms with E-state index in [4.69, 9.17) is 4.84 Å². The number of rotatable bonds is 4. The van der Waals surface area contributed by atoms with Crippen LogP contribution in [0.3, 0.4) is 0 Å². The normalized spacial score (nSPS) is 12.0. The summed E-state index contributed by atoms with van der Waals surface area (Å²) in [6.45, 7) is 5.44. The molecule has 0 aliphatic rings. The number of carbonyl (C=O) groups excluding carboxylic acids is 1. The van der Waals surface area contributed by atoms with Crippen LogP contribution in [0.4, 0.5) is 5.69 Å². The molecule has 106 valence electrons. The van der Waals surface area contributed by atoms with Gasteiger partial charge in [0, 0.05) is 11.3 Å². The van der Waals surface area contributed by atoms with Crippen LogP contribution < -0.4 is 10.2 Å². The molecule has 0 radical (unpaired) electrons. The van der Waals surface area contributed by atoms with Crippen LogP contribution in [0.25, 0.3) is 0 Å². The Morgan fingerprint density at radius 1 is 1.16 bits per heavy atom. The lowest BCUT2D eigenvalue weighted by atomic mass is 10.2. The van der Waals surface area contributed by atoms with Gasteiger partial charge in [0.05, 0.1) is 11.9 Å². The van der Waals surface area contributed by atoms with Gasteiger partial charge in [-0.2, -0.15) is 0 Å². The van der Waals surface area contributed by atoms with E-state index in [1.807, 2.05) is 20.8 Å². The predicted octanol–water partition coefficient (Wildman–Crippen LogP) is 1.52. The molecule has 19 heavy (non-hydrogen) atoms. The van der Waals surface area contributed by atoms with Gasteiger partial charge in [0.25, 0.3) is 5.91 Å². The quantitative estimate of drug-likeness (QED) is 0.822. The Morgan fingerprint density at radius 2 is 1.68 bits per heavy atom. The Kier molecular flexibility index (Phi) is 4.54. The second-order valence-corrected chi connectivity index (χ2v) is 6.85. The summed E-state index contributed by atoms with van der Waals surface area (Å²) in [6.07, 6.45) is 1.06. The molecule has 0 heterocycles. The number of carbonyl (C=O) groups is 1. The van der Waals surface area contributed by atoms with Gasteiger partial charge in [0.15, 0.2) is 0 Å². The summed E-state index contributed by atoms with van der Waals surface area (Å²) in [7, 11) is -3.32. The molecule has 0 bridgehead atoms. The minimum atomic E-state index is -3.32. The SMILES string of the molecule is CC(C)(C)ONC(=O)c1ccc(NS(C)(=O)=O)cc1. The number of sulfonamides is 1. The van der Waals surface area contributed by atoms with Crippen LogP contribution in [-0.4, -0.2) is 26.2 Å². The third kappa shape index (κ3) is 6.21. The smallest absolute Gasteiger partial charge is 0.274 e. The van der Waals surface area contributed by atoms with E-state index >= 15 is 0 Å². The average molecular weight is 286 g/mol. The summed E-state index contributed by atoms with van der Waals surface area (Å²) in [6, 6.07) is 6.03. The first-order valence-corrected chi connectivity index (χ1v) is 7.52. The Labute approximate surface area is 113 Å². The van der Waals surface area contributed by atoms with Crippen LogP contribution >= 0.6 is 0 Å². The summed E-state index contributed by atoms with van der Waals surface area (Å²) in [5.41, 5.74) is 2.63. The van der Waals surface area contributed by atoms with Crippen molar-refractivity contribution >= 4 is 21.6 Å². The van der Waals surface area contributed by atoms with Crippen molar-refractivity contribution in [3.8, 4) is 0 Å². The van der Waals surface area contributed by atoms with Crippen molar-refractivity contribution in [2.24, 2.45) is 0 Å². The Bertz CT molecular complexity index is 544. The first-order chi connectivity index (χ1) is 8.57. The van der Waals surface area contributed by atoms with Crippen molar-refractivity contribution in [1.82, 2.24) is 5.48 Å². The molecule has 0 saturated heterocycles. The maximum Gasteiger partial charge on any atom is 0.274 e. The van der Waals surface area contributed by atoms with Gasteiger partial charge in [0.1, 0.15) is 0 Å². The summed E-state index contributed by atoms with van der Waals surface area (Å²) in [4.78, 5) is 16.9. The van der Waals surface area contributed by atoms with Gasteiger partial charge in [-0.1, -0.05) is 0 Å². The topological polar surface area (TPSA) is 84.5 Å². The molecule has 1 rings (SSSR count). The Hall–Kier alpha value is -1.60. The molecule has 0 saturated carbocycles. The summed E-state index contributed by atoms with van der Waals surface area (Å²) >= 11 is 0. The van der Waals surface area contributed by atoms with Crippen molar-refractivity contribution in [1.29, 1.82) is 0 Å². The van der Waals surface area contributed by atoms with E-state index in [2.05, 4.69) is 10.2 Å². The first-order valence-electron chi connectivity index (χ1n) is 5.63.